The van der Waals surface area contributed by atoms with Gasteiger partial charge >= 0.3 is 0 Å². The van der Waals surface area contributed by atoms with E-state index in [4.69, 9.17) is 0 Å². The average molecular weight is 385 g/mol. The number of anilines is 1. The van der Waals surface area contributed by atoms with Crippen molar-refractivity contribution in [3.63, 3.8) is 0 Å². The van der Waals surface area contributed by atoms with Crippen LogP contribution in [0.5, 0.6) is 0 Å². The van der Waals surface area contributed by atoms with Crippen LogP contribution < -0.4 is 15.5 Å². The molecule has 1 aliphatic rings. The Hall–Kier alpha value is -3.03. The van der Waals surface area contributed by atoms with Crippen LogP contribution in [0.15, 0.2) is 42.7 Å². The third-order valence-electron chi connectivity index (χ3n) is 4.75. The van der Waals surface area contributed by atoms with Crippen LogP contribution in [-0.4, -0.2) is 47.0 Å². The van der Waals surface area contributed by atoms with Crippen LogP contribution in [0.2, 0.25) is 0 Å². The van der Waals surface area contributed by atoms with Crippen LogP contribution in [0.1, 0.15) is 25.3 Å². The Bertz CT molecular complexity index is 809. The zero-order valence-electron chi connectivity index (χ0n) is 15.8. The van der Waals surface area contributed by atoms with Crippen molar-refractivity contribution in [3.05, 3.63) is 54.1 Å². The molecule has 2 aromatic rings. The molecule has 0 saturated carbocycles. The van der Waals surface area contributed by atoms with E-state index in [-0.39, 0.29) is 30.1 Å². The zero-order valence-corrected chi connectivity index (χ0v) is 15.8. The predicted octanol–water partition coefficient (Wildman–Crippen LogP) is 1.45. The van der Waals surface area contributed by atoms with E-state index >= 15 is 0 Å². The van der Waals surface area contributed by atoms with E-state index in [1.807, 2.05) is 0 Å². The van der Waals surface area contributed by atoms with Crippen molar-refractivity contribution >= 4 is 17.8 Å². The second-order valence-corrected chi connectivity index (χ2v) is 6.87. The maximum Gasteiger partial charge on any atom is 0.243 e. The molecule has 0 bridgehead atoms. The minimum absolute atomic E-state index is 0.00987. The quantitative estimate of drug-likeness (QED) is 0.786. The zero-order chi connectivity index (χ0) is 19.9. The highest BCUT2D eigenvalue weighted by atomic mass is 19.1. The Morgan fingerprint density at radius 3 is 2.50 bits per heavy atom. The molecule has 0 spiro atoms. The van der Waals surface area contributed by atoms with Gasteiger partial charge in [0.2, 0.25) is 17.8 Å². The number of carbonyl (C=O) groups excluding carboxylic acids is 2. The number of piperidine rings is 1. The van der Waals surface area contributed by atoms with Gasteiger partial charge in [-0.15, -0.1) is 0 Å². The summed E-state index contributed by atoms with van der Waals surface area (Å²) in [5.74, 6) is -0.329. The highest BCUT2D eigenvalue weighted by molar-refractivity contribution is 5.87. The maximum absolute atomic E-state index is 14.0. The number of benzene rings is 1. The highest BCUT2D eigenvalue weighted by Crippen LogP contribution is 2.16. The standard InChI is InChI=1S/C20H24FN5O2/c1-14(27)24-18(13-15-5-2-3-6-17(15)21)19(28)25-16-7-11-26(12-8-16)20-22-9-4-10-23-20/h2-6,9-10,16,18H,7-8,11-13H2,1H3,(H,24,27)(H,25,28). The van der Waals surface area contributed by atoms with Crippen LogP contribution in [0.3, 0.4) is 0 Å². The molecule has 28 heavy (non-hydrogen) atoms. The fourth-order valence-electron chi connectivity index (χ4n) is 3.32. The minimum Gasteiger partial charge on any atom is -0.351 e. The monoisotopic (exact) mass is 385 g/mol. The second kappa shape index (κ2) is 9.25. The molecule has 0 radical (unpaired) electrons. The summed E-state index contributed by atoms with van der Waals surface area (Å²) in [5.41, 5.74) is 0.396. The van der Waals surface area contributed by atoms with E-state index in [0.717, 1.165) is 25.9 Å². The Morgan fingerprint density at radius 1 is 1.18 bits per heavy atom. The third-order valence-corrected chi connectivity index (χ3v) is 4.75. The summed E-state index contributed by atoms with van der Waals surface area (Å²) in [7, 11) is 0. The maximum atomic E-state index is 14.0. The van der Waals surface area contributed by atoms with E-state index in [1.165, 1.54) is 13.0 Å². The fourth-order valence-corrected chi connectivity index (χ4v) is 3.32. The van der Waals surface area contributed by atoms with Crippen molar-refractivity contribution in [2.45, 2.75) is 38.3 Å². The molecule has 2 N–H and O–H groups in total. The number of hydrogen-bond donors (Lipinski definition) is 2. The summed E-state index contributed by atoms with van der Waals surface area (Å²) in [6.45, 7) is 2.81. The van der Waals surface area contributed by atoms with E-state index in [2.05, 4.69) is 25.5 Å². The van der Waals surface area contributed by atoms with Gasteiger partial charge in [-0.2, -0.15) is 0 Å². The summed E-state index contributed by atoms with van der Waals surface area (Å²) in [4.78, 5) is 34.8. The van der Waals surface area contributed by atoms with Gasteiger partial charge in [0.05, 0.1) is 0 Å². The lowest BCUT2D eigenvalue weighted by molar-refractivity contribution is -0.128. The van der Waals surface area contributed by atoms with Crippen LogP contribution in [0.4, 0.5) is 10.3 Å². The van der Waals surface area contributed by atoms with Gasteiger partial charge in [0, 0.05) is 44.9 Å². The average Bonchev–Trinajstić information content (AvgIpc) is 2.70. The first kappa shape index (κ1) is 19.7. The molecule has 1 aromatic heterocycles. The second-order valence-electron chi connectivity index (χ2n) is 6.87. The van der Waals surface area contributed by atoms with Crippen molar-refractivity contribution in [2.24, 2.45) is 0 Å². The van der Waals surface area contributed by atoms with Gasteiger partial charge in [0.25, 0.3) is 0 Å². The minimum atomic E-state index is -0.815. The molecule has 8 heteroatoms. The molecule has 3 rings (SSSR count). The molecular formula is C20H24FN5O2. The van der Waals surface area contributed by atoms with E-state index in [1.54, 1.807) is 36.7 Å². The number of halogens is 1. The van der Waals surface area contributed by atoms with Gasteiger partial charge in [0.1, 0.15) is 11.9 Å². The summed E-state index contributed by atoms with van der Waals surface area (Å²) in [6, 6.07) is 7.22. The normalized spacial score (nSPS) is 15.7. The third kappa shape index (κ3) is 5.25. The molecule has 148 valence electrons. The number of hydrogen-bond acceptors (Lipinski definition) is 5. The van der Waals surface area contributed by atoms with Gasteiger partial charge in [-0.3, -0.25) is 9.59 Å². The van der Waals surface area contributed by atoms with Crippen LogP contribution in [-0.2, 0) is 16.0 Å². The first-order valence-corrected chi connectivity index (χ1v) is 9.36. The molecule has 0 aliphatic carbocycles. The van der Waals surface area contributed by atoms with Crippen molar-refractivity contribution in [2.75, 3.05) is 18.0 Å². The molecule has 1 saturated heterocycles. The first-order valence-electron chi connectivity index (χ1n) is 9.36. The summed E-state index contributed by atoms with van der Waals surface area (Å²) >= 11 is 0. The lowest BCUT2D eigenvalue weighted by Crippen LogP contribution is -2.52. The Balaban J connectivity index is 1.58. The van der Waals surface area contributed by atoms with E-state index in [9.17, 15) is 14.0 Å². The molecular weight excluding hydrogens is 361 g/mol. The molecule has 1 atom stereocenters. The molecule has 1 fully saturated rings. The number of nitrogens with zero attached hydrogens (tertiary/aromatic N) is 3. The lowest BCUT2D eigenvalue weighted by atomic mass is 10.0. The molecule has 2 amide bonds. The molecule has 7 nitrogen and oxygen atoms in total. The van der Waals surface area contributed by atoms with Crippen LogP contribution >= 0.6 is 0 Å². The van der Waals surface area contributed by atoms with E-state index in [0.29, 0.717) is 11.5 Å². The van der Waals surface area contributed by atoms with Gasteiger partial charge in [-0.05, 0) is 30.5 Å². The number of aromatic nitrogens is 2. The lowest BCUT2D eigenvalue weighted by Gasteiger charge is -2.33. The van der Waals surface area contributed by atoms with Gasteiger partial charge in [-0.25, -0.2) is 14.4 Å². The number of amides is 2. The summed E-state index contributed by atoms with van der Waals surface area (Å²) < 4.78 is 14.0. The van der Waals surface area contributed by atoms with Crippen LogP contribution in [0, 0.1) is 5.82 Å². The summed E-state index contributed by atoms with van der Waals surface area (Å²) in [6.07, 6.45) is 5.01. The summed E-state index contributed by atoms with van der Waals surface area (Å²) in [5, 5.41) is 5.62. The van der Waals surface area contributed by atoms with E-state index < -0.39 is 6.04 Å². The van der Waals surface area contributed by atoms with Gasteiger partial charge in [0.15, 0.2) is 0 Å². The number of rotatable bonds is 6. The van der Waals surface area contributed by atoms with Crippen molar-refractivity contribution in [1.82, 2.24) is 20.6 Å². The first-order chi connectivity index (χ1) is 13.5. The molecule has 2 heterocycles. The number of carbonyl (C=O) groups is 2. The fraction of sp³-hybridized carbons (Fsp3) is 0.400. The number of nitrogens with one attached hydrogen (secondary N) is 2. The van der Waals surface area contributed by atoms with Gasteiger partial charge in [-0.1, -0.05) is 18.2 Å². The smallest absolute Gasteiger partial charge is 0.243 e. The predicted molar refractivity (Wildman–Crippen MR) is 103 cm³/mol. The van der Waals surface area contributed by atoms with Crippen molar-refractivity contribution in [1.29, 1.82) is 0 Å². The SMILES string of the molecule is CC(=O)NC(Cc1ccccc1F)C(=O)NC1CCN(c2ncccn2)CC1. The largest absolute Gasteiger partial charge is 0.351 e. The Morgan fingerprint density at radius 2 is 1.86 bits per heavy atom. The van der Waals surface area contributed by atoms with Gasteiger partial charge < -0.3 is 15.5 Å². The topological polar surface area (TPSA) is 87.2 Å². The Kier molecular flexibility index (Phi) is 6.52. The van der Waals surface area contributed by atoms with Crippen molar-refractivity contribution < 1.29 is 14.0 Å². The molecule has 1 unspecified atom stereocenters. The Labute approximate surface area is 163 Å². The molecule has 1 aliphatic heterocycles. The molecule has 1 aromatic carbocycles. The van der Waals surface area contributed by atoms with Crippen molar-refractivity contribution in [3.8, 4) is 0 Å². The van der Waals surface area contributed by atoms with Crippen LogP contribution in [0.25, 0.3) is 0 Å². The highest BCUT2D eigenvalue weighted by Gasteiger charge is 2.26.